The number of nitrogens with zero attached hydrogens (tertiary/aromatic N) is 1. The van der Waals surface area contributed by atoms with Gasteiger partial charge < -0.3 is 19.6 Å². The molecule has 4 aromatic rings. The fourth-order valence-electron chi connectivity index (χ4n) is 3.53. The number of rotatable bonds is 6. The van der Waals surface area contributed by atoms with Crippen LogP contribution in [-0.4, -0.2) is 15.0 Å². The topological polar surface area (TPSA) is 61.3 Å². The van der Waals surface area contributed by atoms with E-state index in [-0.39, 0.29) is 5.56 Å². The molecular formula is C23H23N3O2S2. The molecule has 0 saturated heterocycles. The molecule has 0 aliphatic rings. The highest BCUT2D eigenvalue weighted by Crippen LogP contribution is 2.20. The van der Waals surface area contributed by atoms with Gasteiger partial charge in [-0.1, -0.05) is 17.7 Å². The molecule has 4 rings (SSSR count). The van der Waals surface area contributed by atoms with E-state index in [9.17, 15) is 4.79 Å². The predicted molar refractivity (Wildman–Crippen MR) is 126 cm³/mol. The van der Waals surface area contributed by atoms with Crippen LogP contribution in [0.2, 0.25) is 0 Å². The summed E-state index contributed by atoms with van der Waals surface area (Å²) in [6.45, 7) is 5.63. The highest BCUT2D eigenvalue weighted by Gasteiger charge is 2.15. The number of aryl methyl sites for hydroxylation is 2. The summed E-state index contributed by atoms with van der Waals surface area (Å²) in [5.41, 5.74) is 3.73. The molecule has 0 radical (unpaired) electrons. The molecular weight excluding hydrogens is 414 g/mol. The Balaban J connectivity index is 1.61. The van der Waals surface area contributed by atoms with Crippen molar-refractivity contribution in [3.8, 4) is 0 Å². The maximum atomic E-state index is 12.8. The lowest BCUT2D eigenvalue weighted by Gasteiger charge is -2.25. The molecule has 0 unspecified atom stereocenters. The van der Waals surface area contributed by atoms with Crippen LogP contribution in [0.3, 0.4) is 0 Å². The Kier molecular flexibility index (Phi) is 6.01. The number of furan rings is 1. The van der Waals surface area contributed by atoms with Crippen molar-refractivity contribution in [1.29, 1.82) is 0 Å². The minimum atomic E-state index is -0.0838. The van der Waals surface area contributed by atoms with E-state index < -0.39 is 0 Å². The minimum Gasteiger partial charge on any atom is -0.467 e. The molecule has 0 fully saturated rings. The van der Waals surface area contributed by atoms with Crippen molar-refractivity contribution < 1.29 is 4.42 Å². The van der Waals surface area contributed by atoms with Gasteiger partial charge in [-0.25, -0.2) is 0 Å². The van der Waals surface area contributed by atoms with Crippen molar-refractivity contribution in [3.05, 3.63) is 91.8 Å². The fraction of sp³-hybridized carbons (Fsp3) is 0.217. The number of aromatic nitrogens is 1. The highest BCUT2D eigenvalue weighted by molar-refractivity contribution is 7.80. The monoisotopic (exact) mass is 437 g/mol. The number of fused-ring (bicyclic) bond motifs is 1. The Morgan fingerprint density at radius 1 is 1.20 bits per heavy atom. The zero-order valence-electron chi connectivity index (χ0n) is 16.9. The molecule has 3 heterocycles. The summed E-state index contributed by atoms with van der Waals surface area (Å²) in [4.78, 5) is 19.1. The van der Waals surface area contributed by atoms with Crippen molar-refractivity contribution in [2.24, 2.45) is 0 Å². The van der Waals surface area contributed by atoms with E-state index in [0.717, 1.165) is 22.2 Å². The van der Waals surface area contributed by atoms with Gasteiger partial charge in [0.05, 0.1) is 31.4 Å². The van der Waals surface area contributed by atoms with Gasteiger partial charge in [-0.2, -0.15) is 0 Å². The average Bonchev–Trinajstić information content (AvgIpc) is 3.41. The number of hydrogen-bond acceptors (Lipinski definition) is 4. The normalized spacial score (nSPS) is 11.0. The van der Waals surface area contributed by atoms with Crippen LogP contribution in [0.5, 0.6) is 0 Å². The number of hydrogen-bond donors (Lipinski definition) is 2. The molecule has 0 aliphatic carbocycles. The molecule has 0 amide bonds. The second-order valence-electron chi connectivity index (χ2n) is 7.34. The summed E-state index contributed by atoms with van der Waals surface area (Å²) in [7, 11) is 0. The summed E-state index contributed by atoms with van der Waals surface area (Å²) in [6.07, 6.45) is 1.64. The van der Waals surface area contributed by atoms with Crippen LogP contribution >= 0.6 is 23.6 Å². The molecule has 0 bridgehead atoms. The van der Waals surface area contributed by atoms with Crippen LogP contribution in [0.4, 0.5) is 0 Å². The Hall–Kier alpha value is -2.90. The Morgan fingerprint density at radius 3 is 2.80 bits per heavy atom. The van der Waals surface area contributed by atoms with E-state index in [1.54, 1.807) is 17.6 Å². The summed E-state index contributed by atoms with van der Waals surface area (Å²) in [5, 5.41) is 6.91. The maximum absolute atomic E-state index is 12.8. The molecule has 0 atom stereocenters. The molecule has 0 aliphatic heterocycles. The van der Waals surface area contributed by atoms with Crippen LogP contribution < -0.4 is 10.9 Å². The van der Waals surface area contributed by atoms with Gasteiger partial charge >= 0.3 is 0 Å². The minimum absolute atomic E-state index is 0.0838. The van der Waals surface area contributed by atoms with Gasteiger partial charge in [-0.15, -0.1) is 11.3 Å². The lowest BCUT2D eigenvalue weighted by molar-refractivity contribution is 0.396. The third-order valence-electron chi connectivity index (χ3n) is 4.94. The first-order chi connectivity index (χ1) is 14.5. The van der Waals surface area contributed by atoms with Crippen LogP contribution in [0, 0.1) is 13.8 Å². The van der Waals surface area contributed by atoms with Crippen molar-refractivity contribution in [1.82, 2.24) is 15.2 Å². The highest BCUT2D eigenvalue weighted by atomic mass is 32.1. The van der Waals surface area contributed by atoms with Gasteiger partial charge in [-0.3, -0.25) is 4.79 Å². The lowest BCUT2D eigenvalue weighted by atomic mass is 10.1. The van der Waals surface area contributed by atoms with Gasteiger partial charge in [0.25, 0.3) is 5.56 Å². The number of benzene rings is 1. The molecule has 0 saturated carbocycles. The van der Waals surface area contributed by atoms with Gasteiger partial charge in [0.1, 0.15) is 5.76 Å². The molecule has 2 N–H and O–H groups in total. The zero-order chi connectivity index (χ0) is 21.1. The number of aromatic amines is 1. The van der Waals surface area contributed by atoms with Crippen molar-refractivity contribution in [3.63, 3.8) is 0 Å². The van der Waals surface area contributed by atoms with Crippen LogP contribution in [-0.2, 0) is 19.6 Å². The van der Waals surface area contributed by atoms with E-state index in [1.165, 1.54) is 10.4 Å². The summed E-state index contributed by atoms with van der Waals surface area (Å²) >= 11 is 7.34. The largest absolute Gasteiger partial charge is 0.467 e. The molecule has 1 aromatic carbocycles. The summed E-state index contributed by atoms with van der Waals surface area (Å²) in [6, 6.07) is 14.0. The number of pyridine rings is 1. The van der Waals surface area contributed by atoms with Crippen LogP contribution in [0.1, 0.15) is 27.3 Å². The molecule has 30 heavy (non-hydrogen) atoms. The third-order valence-corrected chi connectivity index (χ3v) is 6.20. The molecule has 0 spiro atoms. The van der Waals surface area contributed by atoms with E-state index in [1.807, 2.05) is 41.5 Å². The first kappa shape index (κ1) is 20.4. The quantitative estimate of drug-likeness (QED) is 0.421. The predicted octanol–water partition coefficient (Wildman–Crippen LogP) is 4.88. The smallest absolute Gasteiger partial charge is 0.253 e. The summed E-state index contributed by atoms with van der Waals surface area (Å²) in [5.74, 6) is 0.808. The molecule has 154 valence electrons. The van der Waals surface area contributed by atoms with E-state index in [0.29, 0.717) is 30.3 Å². The fourth-order valence-corrected chi connectivity index (χ4v) is 4.45. The van der Waals surface area contributed by atoms with Crippen molar-refractivity contribution >= 4 is 39.6 Å². The Labute approximate surface area is 184 Å². The summed E-state index contributed by atoms with van der Waals surface area (Å²) < 4.78 is 5.38. The van der Waals surface area contributed by atoms with Gasteiger partial charge in [0.15, 0.2) is 5.11 Å². The van der Waals surface area contributed by atoms with Crippen molar-refractivity contribution in [2.75, 3.05) is 0 Å². The van der Waals surface area contributed by atoms with Crippen LogP contribution in [0.15, 0.2) is 63.3 Å². The number of H-pyrrole nitrogens is 1. The van der Waals surface area contributed by atoms with Crippen molar-refractivity contribution in [2.45, 2.75) is 33.5 Å². The number of thiophene rings is 1. The third kappa shape index (κ3) is 4.63. The Morgan fingerprint density at radius 2 is 2.07 bits per heavy atom. The second kappa shape index (κ2) is 8.85. The molecule has 5 nitrogen and oxygen atoms in total. The first-order valence-corrected chi connectivity index (χ1v) is 11.0. The average molecular weight is 438 g/mol. The molecule has 3 aromatic heterocycles. The second-order valence-corrected chi connectivity index (χ2v) is 8.76. The standard InChI is InChI=1S/C23H23N3O2S2/c1-15-9-16(2)21-17(10-15)11-18(22(27)25-21)13-26(14-20-6-4-8-30-20)23(29)24-12-19-5-3-7-28-19/h3-11H,12-14H2,1-2H3,(H,24,29)(H,25,27). The Bertz CT molecular complexity index is 1210. The van der Waals surface area contributed by atoms with E-state index in [4.69, 9.17) is 16.6 Å². The van der Waals surface area contributed by atoms with E-state index >= 15 is 0 Å². The maximum Gasteiger partial charge on any atom is 0.253 e. The van der Waals surface area contributed by atoms with Gasteiger partial charge in [0.2, 0.25) is 0 Å². The first-order valence-electron chi connectivity index (χ1n) is 9.70. The zero-order valence-corrected chi connectivity index (χ0v) is 18.5. The molecule has 7 heteroatoms. The number of nitrogens with one attached hydrogen (secondary N) is 2. The van der Waals surface area contributed by atoms with Gasteiger partial charge in [0, 0.05) is 10.4 Å². The van der Waals surface area contributed by atoms with Crippen LogP contribution in [0.25, 0.3) is 10.9 Å². The van der Waals surface area contributed by atoms with E-state index in [2.05, 4.69) is 35.4 Å². The SMILES string of the molecule is Cc1cc(C)c2[nH]c(=O)c(CN(Cc3cccs3)C(=S)NCc3ccco3)cc2c1. The lowest BCUT2D eigenvalue weighted by Crippen LogP contribution is -2.39. The number of thiocarbonyl (C=S) groups is 1. The van der Waals surface area contributed by atoms with Gasteiger partial charge in [-0.05, 0) is 72.7 Å².